The molecular weight excluding hydrogens is 186 g/mol. The third-order valence-electron chi connectivity index (χ3n) is 4.54. The molecule has 2 bridgehead atoms. The molecule has 15 heavy (non-hydrogen) atoms. The Morgan fingerprint density at radius 2 is 1.60 bits per heavy atom. The maximum atomic E-state index is 9.97. The van der Waals surface area contributed by atoms with Crippen LogP contribution in [-0.4, -0.2) is 23.3 Å². The Bertz CT molecular complexity index is 373. The second-order valence-electron chi connectivity index (χ2n) is 5.12. The van der Waals surface area contributed by atoms with Gasteiger partial charge in [-0.2, -0.15) is 0 Å². The summed E-state index contributed by atoms with van der Waals surface area (Å²) in [6.45, 7) is 0. The Hall–Kier alpha value is -1.02. The van der Waals surface area contributed by atoms with Gasteiger partial charge in [-0.1, -0.05) is 18.2 Å². The summed E-state index contributed by atoms with van der Waals surface area (Å²) in [7, 11) is 0. The standard InChI is InChI=1S/C13H15NO/c15-13-9-6-7-10(13)12-11(9)14(12)8-4-2-1-3-5-8/h1-5,9-13,15H,6-7H2/t9-,10+,11+,12-,13?,14?. The molecule has 1 aromatic carbocycles. The molecule has 1 unspecified atom stereocenters. The van der Waals surface area contributed by atoms with Gasteiger partial charge >= 0.3 is 0 Å². The van der Waals surface area contributed by atoms with Gasteiger partial charge in [0, 0.05) is 17.5 Å². The number of nitrogens with zero attached hydrogens (tertiary/aromatic N) is 1. The summed E-state index contributed by atoms with van der Waals surface area (Å²) in [5, 5.41) is 9.97. The quantitative estimate of drug-likeness (QED) is 0.698. The van der Waals surface area contributed by atoms with Gasteiger partial charge in [-0.25, -0.2) is 0 Å². The van der Waals surface area contributed by atoms with Gasteiger partial charge in [0.15, 0.2) is 0 Å². The van der Waals surface area contributed by atoms with Crippen molar-refractivity contribution in [1.29, 1.82) is 0 Å². The lowest BCUT2D eigenvalue weighted by Crippen LogP contribution is -2.25. The topological polar surface area (TPSA) is 23.2 Å². The van der Waals surface area contributed by atoms with E-state index in [0.29, 0.717) is 23.9 Å². The van der Waals surface area contributed by atoms with Crippen molar-refractivity contribution >= 4 is 5.69 Å². The maximum Gasteiger partial charge on any atom is 0.0637 e. The second kappa shape index (κ2) is 2.56. The van der Waals surface area contributed by atoms with Gasteiger partial charge in [-0.05, 0) is 25.0 Å². The van der Waals surface area contributed by atoms with Crippen molar-refractivity contribution < 1.29 is 5.11 Å². The fourth-order valence-electron chi connectivity index (χ4n) is 3.92. The molecule has 0 amide bonds. The van der Waals surface area contributed by atoms with Crippen molar-refractivity contribution in [3.05, 3.63) is 30.3 Å². The number of rotatable bonds is 1. The minimum atomic E-state index is -0.0000350. The highest BCUT2D eigenvalue weighted by molar-refractivity contribution is 5.59. The predicted octanol–water partition coefficient (Wildman–Crippen LogP) is 1.64. The van der Waals surface area contributed by atoms with E-state index in [1.54, 1.807) is 0 Å². The van der Waals surface area contributed by atoms with Gasteiger partial charge in [-0.15, -0.1) is 0 Å². The van der Waals surface area contributed by atoms with Crippen molar-refractivity contribution in [2.24, 2.45) is 11.8 Å². The van der Waals surface area contributed by atoms with E-state index in [0.717, 1.165) is 0 Å². The van der Waals surface area contributed by atoms with Crippen molar-refractivity contribution in [2.45, 2.75) is 31.0 Å². The van der Waals surface area contributed by atoms with E-state index in [1.807, 2.05) is 0 Å². The highest BCUT2D eigenvalue weighted by Crippen LogP contribution is 2.59. The van der Waals surface area contributed by atoms with Crippen molar-refractivity contribution in [2.75, 3.05) is 4.90 Å². The first-order chi connectivity index (χ1) is 7.38. The lowest BCUT2D eigenvalue weighted by molar-refractivity contribution is 0.117. The van der Waals surface area contributed by atoms with Gasteiger partial charge in [0.1, 0.15) is 0 Å². The van der Waals surface area contributed by atoms with Crippen molar-refractivity contribution in [3.8, 4) is 0 Å². The molecule has 0 spiro atoms. The molecule has 2 heteroatoms. The number of fused-ring (bicyclic) bond motifs is 5. The van der Waals surface area contributed by atoms with Crippen LogP contribution in [-0.2, 0) is 0 Å². The number of aliphatic hydroxyl groups excluding tert-OH is 1. The van der Waals surface area contributed by atoms with E-state index >= 15 is 0 Å². The van der Waals surface area contributed by atoms with Gasteiger partial charge in [-0.3, -0.25) is 0 Å². The molecule has 3 aliphatic rings. The smallest absolute Gasteiger partial charge is 0.0637 e. The highest BCUT2D eigenvalue weighted by Gasteiger charge is 2.68. The molecule has 5 atom stereocenters. The van der Waals surface area contributed by atoms with Crippen LogP contribution in [0.4, 0.5) is 5.69 Å². The average molecular weight is 201 g/mol. The molecular formula is C13H15NO. The van der Waals surface area contributed by atoms with E-state index in [1.165, 1.54) is 18.5 Å². The SMILES string of the molecule is OC1[C@H]2CC[C@@H]1[C@H]1[C@@H]2N1c1ccccc1. The van der Waals surface area contributed by atoms with Crippen LogP contribution < -0.4 is 4.90 Å². The lowest BCUT2D eigenvalue weighted by Gasteiger charge is -2.18. The molecule has 2 saturated carbocycles. The molecule has 1 heterocycles. The lowest BCUT2D eigenvalue weighted by atomic mass is 10.0. The highest BCUT2D eigenvalue weighted by atomic mass is 16.3. The van der Waals surface area contributed by atoms with Crippen LogP contribution >= 0.6 is 0 Å². The number of anilines is 1. The Kier molecular flexibility index (Phi) is 1.39. The third-order valence-corrected chi connectivity index (χ3v) is 4.54. The molecule has 1 N–H and O–H groups in total. The molecule has 0 aromatic heterocycles. The van der Waals surface area contributed by atoms with E-state index in [-0.39, 0.29) is 6.10 Å². The number of para-hydroxylation sites is 1. The van der Waals surface area contributed by atoms with Gasteiger partial charge in [0.2, 0.25) is 0 Å². The van der Waals surface area contributed by atoms with Gasteiger partial charge < -0.3 is 10.0 Å². The van der Waals surface area contributed by atoms with E-state index < -0.39 is 0 Å². The number of aliphatic hydroxyl groups is 1. The number of hydrogen-bond acceptors (Lipinski definition) is 2. The Balaban J connectivity index is 1.66. The summed E-state index contributed by atoms with van der Waals surface area (Å²) in [5.41, 5.74) is 1.34. The monoisotopic (exact) mass is 201 g/mol. The molecule has 2 aliphatic carbocycles. The van der Waals surface area contributed by atoms with Crippen LogP contribution in [0.15, 0.2) is 30.3 Å². The van der Waals surface area contributed by atoms with Crippen LogP contribution in [0.5, 0.6) is 0 Å². The maximum absolute atomic E-state index is 9.97. The molecule has 4 rings (SSSR count). The Morgan fingerprint density at radius 1 is 1.00 bits per heavy atom. The second-order valence-corrected chi connectivity index (χ2v) is 5.12. The van der Waals surface area contributed by atoms with E-state index in [9.17, 15) is 5.11 Å². The summed E-state index contributed by atoms with van der Waals surface area (Å²) in [5.74, 6) is 1.11. The summed E-state index contributed by atoms with van der Waals surface area (Å²) >= 11 is 0. The molecule has 3 fully saturated rings. The first-order valence-corrected chi connectivity index (χ1v) is 5.89. The zero-order valence-corrected chi connectivity index (χ0v) is 8.58. The largest absolute Gasteiger partial charge is 0.392 e. The zero-order valence-electron chi connectivity index (χ0n) is 8.58. The molecule has 0 radical (unpaired) electrons. The molecule has 2 nitrogen and oxygen atoms in total. The summed E-state index contributed by atoms with van der Waals surface area (Å²) in [6, 6.07) is 11.9. The van der Waals surface area contributed by atoms with Crippen molar-refractivity contribution in [3.63, 3.8) is 0 Å². The minimum absolute atomic E-state index is 0.0000350. The fraction of sp³-hybridized carbons (Fsp3) is 0.538. The summed E-state index contributed by atoms with van der Waals surface area (Å²) in [4.78, 5) is 2.51. The Labute approximate surface area is 89.5 Å². The average Bonchev–Trinajstić information content (AvgIpc) is 2.87. The summed E-state index contributed by atoms with van der Waals surface area (Å²) < 4.78 is 0. The van der Waals surface area contributed by atoms with Gasteiger partial charge in [0.25, 0.3) is 0 Å². The first kappa shape index (κ1) is 8.17. The molecule has 78 valence electrons. The normalized spacial score (nSPS) is 45.7. The third kappa shape index (κ3) is 0.888. The zero-order chi connectivity index (χ0) is 9.99. The van der Waals surface area contributed by atoms with Crippen LogP contribution in [0.3, 0.4) is 0 Å². The molecule has 1 aromatic rings. The number of piperidine rings is 1. The van der Waals surface area contributed by atoms with Gasteiger partial charge in [0.05, 0.1) is 18.2 Å². The summed E-state index contributed by atoms with van der Waals surface area (Å²) in [6.07, 6.45) is 2.46. The van der Waals surface area contributed by atoms with E-state index in [4.69, 9.17) is 0 Å². The van der Waals surface area contributed by atoms with Crippen LogP contribution in [0.25, 0.3) is 0 Å². The fourth-order valence-corrected chi connectivity index (χ4v) is 3.92. The molecule has 1 aliphatic heterocycles. The van der Waals surface area contributed by atoms with Crippen LogP contribution in [0.2, 0.25) is 0 Å². The van der Waals surface area contributed by atoms with Crippen LogP contribution in [0, 0.1) is 11.8 Å². The number of benzene rings is 1. The first-order valence-electron chi connectivity index (χ1n) is 5.89. The molecule has 1 saturated heterocycles. The van der Waals surface area contributed by atoms with Crippen molar-refractivity contribution in [1.82, 2.24) is 0 Å². The Morgan fingerprint density at radius 3 is 2.20 bits per heavy atom. The number of hydrogen-bond donors (Lipinski definition) is 1. The minimum Gasteiger partial charge on any atom is -0.392 e. The van der Waals surface area contributed by atoms with Crippen LogP contribution in [0.1, 0.15) is 12.8 Å². The van der Waals surface area contributed by atoms with E-state index in [2.05, 4.69) is 35.2 Å². The predicted molar refractivity (Wildman–Crippen MR) is 58.7 cm³/mol.